The van der Waals surface area contributed by atoms with E-state index in [1.807, 2.05) is 0 Å². The molecule has 1 aromatic rings. The van der Waals surface area contributed by atoms with Gasteiger partial charge in [-0.2, -0.15) is 0 Å². The molecule has 106 valence electrons. The van der Waals surface area contributed by atoms with Gasteiger partial charge in [0.1, 0.15) is 5.75 Å². The predicted molar refractivity (Wildman–Crippen MR) is 69.6 cm³/mol. The van der Waals surface area contributed by atoms with Gasteiger partial charge in [-0.05, 0) is 11.6 Å². The van der Waals surface area contributed by atoms with Crippen molar-refractivity contribution in [3.8, 4) is 5.75 Å². The summed E-state index contributed by atoms with van der Waals surface area (Å²) in [5.41, 5.74) is 7.08. The van der Waals surface area contributed by atoms with E-state index in [0.717, 1.165) is 15.4 Å². The molecule has 2 rings (SSSR count). The monoisotopic (exact) mass is 277 g/mol. The summed E-state index contributed by atoms with van der Waals surface area (Å²) < 4.78 is 5.19. The van der Waals surface area contributed by atoms with Crippen molar-refractivity contribution in [2.45, 2.75) is 13.1 Å². The molecule has 1 aliphatic rings. The number of carbonyl (C=O) groups excluding carboxylic acids is 3. The van der Waals surface area contributed by atoms with Crippen LogP contribution in [-0.4, -0.2) is 41.8 Å². The third-order valence-electron chi connectivity index (χ3n) is 3.16. The van der Waals surface area contributed by atoms with E-state index in [1.54, 1.807) is 18.2 Å². The number of hydrogen-bond acceptors (Lipinski definition) is 5. The predicted octanol–water partition coefficient (Wildman–Crippen LogP) is 0.0745. The molecule has 2 N–H and O–H groups in total. The fourth-order valence-electron chi connectivity index (χ4n) is 1.99. The lowest BCUT2D eigenvalue weighted by molar-refractivity contribution is -0.143. The van der Waals surface area contributed by atoms with Gasteiger partial charge in [0.2, 0.25) is 0 Å². The molecular weight excluding hydrogens is 262 g/mol. The van der Waals surface area contributed by atoms with Gasteiger partial charge in [-0.25, -0.2) is 4.79 Å². The zero-order valence-electron chi connectivity index (χ0n) is 11.3. The summed E-state index contributed by atoms with van der Waals surface area (Å²) in [7, 11) is 2.79. The highest BCUT2D eigenvalue weighted by molar-refractivity contribution is 6.44. The Morgan fingerprint density at radius 2 is 1.90 bits per heavy atom. The highest BCUT2D eigenvalue weighted by atomic mass is 16.5. The molecule has 0 atom stereocenters. The molecular formula is C13H15N3O4. The fraction of sp³-hybridized carbons (Fsp3) is 0.308. The molecule has 20 heavy (non-hydrogen) atoms. The van der Waals surface area contributed by atoms with Crippen molar-refractivity contribution in [2.24, 2.45) is 5.73 Å². The second kappa shape index (κ2) is 5.30. The van der Waals surface area contributed by atoms with E-state index in [4.69, 9.17) is 10.5 Å². The van der Waals surface area contributed by atoms with Crippen LogP contribution in [0.1, 0.15) is 11.1 Å². The largest absolute Gasteiger partial charge is 0.496 e. The molecule has 7 nitrogen and oxygen atoms in total. The summed E-state index contributed by atoms with van der Waals surface area (Å²) in [5.74, 6) is -1.05. The number of urea groups is 1. The molecule has 0 saturated carbocycles. The lowest BCUT2D eigenvalue weighted by atomic mass is 10.1. The summed E-state index contributed by atoms with van der Waals surface area (Å²) in [5, 5.41) is 0. The van der Waals surface area contributed by atoms with Crippen LogP contribution in [0.25, 0.3) is 0 Å². The maximum atomic E-state index is 11.8. The van der Waals surface area contributed by atoms with Crippen molar-refractivity contribution in [2.75, 3.05) is 14.2 Å². The van der Waals surface area contributed by atoms with E-state index < -0.39 is 17.8 Å². The Kier molecular flexibility index (Phi) is 3.71. The normalized spacial score (nSPS) is 15.2. The van der Waals surface area contributed by atoms with Crippen molar-refractivity contribution in [3.63, 3.8) is 0 Å². The molecule has 7 heteroatoms. The molecule has 1 fully saturated rings. The molecule has 1 saturated heterocycles. The van der Waals surface area contributed by atoms with Crippen molar-refractivity contribution < 1.29 is 19.1 Å². The lowest BCUT2D eigenvalue weighted by Gasteiger charge is -2.14. The van der Waals surface area contributed by atoms with Crippen LogP contribution in [0.2, 0.25) is 0 Å². The van der Waals surface area contributed by atoms with Crippen LogP contribution in [0.5, 0.6) is 5.75 Å². The van der Waals surface area contributed by atoms with Crippen molar-refractivity contribution >= 4 is 17.8 Å². The van der Waals surface area contributed by atoms with Gasteiger partial charge in [-0.3, -0.25) is 19.4 Å². The number of methoxy groups -OCH3 is 1. The maximum absolute atomic E-state index is 11.8. The molecule has 1 aliphatic heterocycles. The second-order valence-electron chi connectivity index (χ2n) is 4.39. The minimum Gasteiger partial charge on any atom is -0.496 e. The second-order valence-corrected chi connectivity index (χ2v) is 4.39. The van der Waals surface area contributed by atoms with Crippen LogP contribution in [0.4, 0.5) is 4.79 Å². The van der Waals surface area contributed by atoms with Crippen LogP contribution < -0.4 is 10.5 Å². The summed E-state index contributed by atoms with van der Waals surface area (Å²) in [6.45, 7) is 0.348. The van der Waals surface area contributed by atoms with Gasteiger partial charge in [0.15, 0.2) is 0 Å². The molecule has 1 aromatic carbocycles. The number of nitrogens with zero attached hydrogens (tertiary/aromatic N) is 2. The number of hydrogen-bond donors (Lipinski definition) is 1. The standard InChI is InChI=1S/C13H15N3O4/c1-15-11(17)12(18)16(13(15)19)7-8-3-4-9(6-14)10(5-8)20-2/h3-5H,6-7,14H2,1-2H3. The fourth-order valence-corrected chi connectivity index (χ4v) is 1.99. The number of carbonyl (C=O) groups is 3. The Hall–Kier alpha value is -2.41. The molecule has 4 amide bonds. The van der Waals surface area contributed by atoms with E-state index in [0.29, 0.717) is 17.9 Å². The lowest BCUT2D eigenvalue weighted by Crippen LogP contribution is -2.31. The van der Waals surface area contributed by atoms with Crippen LogP contribution in [-0.2, 0) is 22.7 Å². The minimum atomic E-state index is -0.820. The number of amides is 4. The number of likely N-dealkylation sites (N-methyl/N-ethyl adjacent to an activating group) is 1. The van der Waals surface area contributed by atoms with Gasteiger partial charge in [-0.1, -0.05) is 12.1 Å². The summed E-state index contributed by atoms with van der Waals surface area (Å²) >= 11 is 0. The van der Waals surface area contributed by atoms with Gasteiger partial charge in [0.05, 0.1) is 13.7 Å². The van der Waals surface area contributed by atoms with Crippen molar-refractivity contribution in [1.82, 2.24) is 9.80 Å². The van der Waals surface area contributed by atoms with Crippen LogP contribution >= 0.6 is 0 Å². The van der Waals surface area contributed by atoms with Crippen LogP contribution in [0, 0.1) is 0 Å². The van der Waals surface area contributed by atoms with Crippen LogP contribution in [0.3, 0.4) is 0 Å². The summed E-state index contributed by atoms with van der Waals surface area (Å²) in [6.07, 6.45) is 0. The van der Waals surface area contributed by atoms with Gasteiger partial charge in [0, 0.05) is 19.2 Å². The first-order chi connectivity index (χ1) is 9.49. The average molecular weight is 277 g/mol. The van der Waals surface area contributed by atoms with Gasteiger partial charge in [-0.15, -0.1) is 0 Å². The third-order valence-corrected chi connectivity index (χ3v) is 3.16. The SMILES string of the molecule is COc1cc(CN2C(=O)C(=O)N(C)C2=O)ccc1CN. The zero-order valence-corrected chi connectivity index (χ0v) is 11.3. The molecule has 0 bridgehead atoms. The molecule has 0 aliphatic carbocycles. The Bertz CT molecular complexity index is 585. The van der Waals surface area contributed by atoms with E-state index in [9.17, 15) is 14.4 Å². The summed E-state index contributed by atoms with van der Waals surface area (Å²) in [4.78, 5) is 36.6. The average Bonchev–Trinajstić information content (AvgIpc) is 2.65. The Morgan fingerprint density at radius 1 is 1.20 bits per heavy atom. The number of nitrogens with two attached hydrogens (primary N) is 1. The number of benzene rings is 1. The molecule has 0 unspecified atom stereocenters. The van der Waals surface area contributed by atoms with E-state index in [2.05, 4.69) is 0 Å². The van der Waals surface area contributed by atoms with Crippen molar-refractivity contribution in [1.29, 1.82) is 0 Å². The number of rotatable bonds is 4. The van der Waals surface area contributed by atoms with Crippen LogP contribution in [0.15, 0.2) is 18.2 Å². The highest BCUT2D eigenvalue weighted by Gasteiger charge is 2.42. The topological polar surface area (TPSA) is 92.9 Å². The quantitative estimate of drug-likeness (QED) is 0.621. The smallest absolute Gasteiger partial charge is 0.334 e. The van der Waals surface area contributed by atoms with E-state index in [-0.39, 0.29) is 6.54 Å². The van der Waals surface area contributed by atoms with Gasteiger partial charge in [0.25, 0.3) is 0 Å². The first kappa shape index (κ1) is 14.0. The van der Waals surface area contributed by atoms with Gasteiger partial charge < -0.3 is 10.5 Å². The molecule has 0 radical (unpaired) electrons. The van der Waals surface area contributed by atoms with E-state index in [1.165, 1.54) is 14.2 Å². The Labute approximate surface area is 115 Å². The Balaban J connectivity index is 2.25. The number of imide groups is 2. The molecule has 0 spiro atoms. The maximum Gasteiger partial charge on any atom is 0.334 e. The molecule has 0 aromatic heterocycles. The van der Waals surface area contributed by atoms with Gasteiger partial charge >= 0.3 is 17.8 Å². The summed E-state index contributed by atoms with van der Waals surface area (Å²) in [6, 6.07) is 4.59. The molecule has 1 heterocycles. The first-order valence-corrected chi connectivity index (χ1v) is 5.99. The van der Waals surface area contributed by atoms with Crippen molar-refractivity contribution in [3.05, 3.63) is 29.3 Å². The highest BCUT2D eigenvalue weighted by Crippen LogP contribution is 2.22. The number of ether oxygens (including phenoxy) is 1. The third kappa shape index (κ3) is 2.23. The minimum absolute atomic E-state index is 0.0228. The van der Waals surface area contributed by atoms with E-state index >= 15 is 0 Å². The Morgan fingerprint density at radius 3 is 2.40 bits per heavy atom. The zero-order chi connectivity index (χ0) is 14.9. The first-order valence-electron chi connectivity index (χ1n) is 5.99.